The Labute approximate surface area is 296 Å². The molecule has 0 unspecified atom stereocenters. The van der Waals surface area contributed by atoms with Crippen molar-refractivity contribution in [2.24, 2.45) is 29.1 Å². The summed E-state index contributed by atoms with van der Waals surface area (Å²) in [6.07, 6.45) is -11.3. The highest BCUT2D eigenvalue weighted by atomic mass is 16.7. The number of benzene rings is 1. The van der Waals surface area contributed by atoms with Gasteiger partial charge in [-0.15, -0.1) is 0 Å². The van der Waals surface area contributed by atoms with Gasteiger partial charge in [-0.1, -0.05) is 39.5 Å². The number of phenolic OH excluding ortho intramolecular Hbond substituents is 1. The molecular formula is C36H52O15. The fourth-order valence-corrected chi connectivity index (χ4v) is 7.70. The molecule has 0 bridgehead atoms. The lowest BCUT2D eigenvalue weighted by atomic mass is 9.52. The van der Waals surface area contributed by atoms with Crippen LogP contribution in [0.15, 0.2) is 36.4 Å². The van der Waals surface area contributed by atoms with Crippen molar-refractivity contribution in [3.63, 3.8) is 0 Å². The Morgan fingerprint density at radius 2 is 1.65 bits per heavy atom. The van der Waals surface area contributed by atoms with Gasteiger partial charge in [-0.3, -0.25) is 0 Å². The van der Waals surface area contributed by atoms with E-state index in [2.05, 4.69) is 6.58 Å². The molecule has 51 heavy (non-hydrogen) atoms. The number of hydrogen-bond acceptors (Lipinski definition) is 15. The second-order valence-electron chi connectivity index (χ2n) is 14.5. The summed E-state index contributed by atoms with van der Waals surface area (Å²) in [5.74, 6) is -4.90. The molecule has 0 spiro atoms. The molecule has 0 aromatic heterocycles. The fraction of sp³-hybridized carbons (Fsp3) is 0.694. The van der Waals surface area contributed by atoms with Crippen LogP contribution < -0.4 is 0 Å². The maximum Gasteiger partial charge on any atom is 0.348 e. The van der Waals surface area contributed by atoms with E-state index in [0.717, 1.165) is 0 Å². The molecule has 3 fully saturated rings. The van der Waals surface area contributed by atoms with E-state index >= 15 is 0 Å². The Kier molecular flexibility index (Phi) is 13.6. The lowest BCUT2D eigenvalue weighted by Crippen LogP contribution is -2.61. The number of rotatable bonds is 13. The Hall–Kier alpha value is -3.15. The number of phenols is 1. The molecule has 1 saturated heterocycles. The second kappa shape index (κ2) is 17.1. The molecule has 15 heteroatoms. The van der Waals surface area contributed by atoms with Gasteiger partial charge < -0.3 is 59.4 Å². The number of carbonyl (C=O) groups excluding carboxylic acids is 3. The summed E-state index contributed by atoms with van der Waals surface area (Å²) in [7, 11) is 1.21. The number of carbonyl (C=O) groups is 3. The van der Waals surface area contributed by atoms with Crippen LogP contribution in [0.25, 0.3) is 0 Å². The Balaban J connectivity index is 1.60. The van der Waals surface area contributed by atoms with E-state index in [9.17, 15) is 50.1 Å². The summed E-state index contributed by atoms with van der Waals surface area (Å²) in [5.41, 5.74) is -0.296. The lowest BCUT2D eigenvalue weighted by molar-refractivity contribution is -0.307. The first-order valence-electron chi connectivity index (χ1n) is 17.3. The molecule has 1 aliphatic heterocycles. The zero-order chi connectivity index (χ0) is 37.8. The molecule has 13 atom stereocenters. The summed E-state index contributed by atoms with van der Waals surface area (Å²) in [4.78, 5) is 39.2. The topological polar surface area (TPSA) is 239 Å². The summed E-state index contributed by atoms with van der Waals surface area (Å²) < 4.78 is 27.9. The molecule has 7 N–H and O–H groups in total. The van der Waals surface area contributed by atoms with E-state index in [-0.39, 0.29) is 30.8 Å². The van der Waals surface area contributed by atoms with E-state index < -0.39 is 109 Å². The van der Waals surface area contributed by atoms with Gasteiger partial charge in [0.15, 0.2) is 12.4 Å². The van der Waals surface area contributed by atoms with Crippen LogP contribution in [0.3, 0.4) is 0 Å². The van der Waals surface area contributed by atoms with E-state index in [1.807, 2.05) is 6.92 Å². The van der Waals surface area contributed by atoms with Gasteiger partial charge in [-0.05, 0) is 61.1 Å². The van der Waals surface area contributed by atoms with Crippen LogP contribution >= 0.6 is 0 Å². The van der Waals surface area contributed by atoms with Gasteiger partial charge in [0.2, 0.25) is 6.10 Å². The molecule has 2 aliphatic carbocycles. The minimum absolute atomic E-state index is 0.000362. The smallest absolute Gasteiger partial charge is 0.348 e. The first-order chi connectivity index (χ1) is 24.0. The largest absolute Gasteiger partial charge is 0.508 e. The van der Waals surface area contributed by atoms with Crippen LogP contribution in [-0.4, -0.2) is 129 Å². The Morgan fingerprint density at radius 3 is 2.25 bits per heavy atom. The minimum atomic E-state index is -1.65. The second-order valence-corrected chi connectivity index (χ2v) is 14.5. The third-order valence-corrected chi connectivity index (χ3v) is 10.8. The molecule has 286 valence electrons. The van der Waals surface area contributed by atoms with Gasteiger partial charge >= 0.3 is 17.9 Å². The zero-order valence-electron chi connectivity index (χ0n) is 29.4. The van der Waals surface area contributed by atoms with Crippen LogP contribution in [0.2, 0.25) is 0 Å². The highest BCUT2D eigenvalue weighted by Gasteiger charge is 2.58. The number of aliphatic hydroxyl groups excluding tert-OH is 6. The van der Waals surface area contributed by atoms with Crippen molar-refractivity contribution in [2.45, 2.75) is 108 Å². The van der Waals surface area contributed by atoms with Gasteiger partial charge in [0.1, 0.15) is 36.3 Å². The monoisotopic (exact) mass is 724 g/mol. The molecule has 2 saturated carbocycles. The first-order valence-corrected chi connectivity index (χ1v) is 17.3. The van der Waals surface area contributed by atoms with Crippen LogP contribution in [-0.2, 0) is 44.5 Å². The number of hydrogen-bond donors (Lipinski definition) is 7. The number of fused-ring (bicyclic) bond motifs is 1. The van der Waals surface area contributed by atoms with Crippen LogP contribution in [0.5, 0.6) is 5.75 Å². The normalized spacial score (nSPS) is 34.9. The lowest BCUT2D eigenvalue weighted by Gasteiger charge is -2.56. The van der Waals surface area contributed by atoms with Crippen molar-refractivity contribution in [1.29, 1.82) is 0 Å². The van der Waals surface area contributed by atoms with E-state index in [4.69, 9.17) is 23.7 Å². The zero-order valence-corrected chi connectivity index (χ0v) is 29.4. The molecule has 1 heterocycles. The summed E-state index contributed by atoms with van der Waals surface area (Å²) in [6.45, 7) is 8.20. The van der Waals surface area contributed by atoms with Gasteiger partial charge in [0.25, 0.3) is 0 Å². The minimum Gasteiger partial charge on any atom is -0.508 e. The van der Waals surface area contributed by atoms with Gasteiger partial charge in [-0.2, -0.15) is 0 Å². The molecule has 3 aliphatic rings. The average Bonchev–Trinajstić information content (AvgIpc) is 3.10. The average molecular weight is 725 g/mol. The SMILES string of the molecule is C=C(C(=O)OC)[C@@H]1CC[C@]2(C)[C@H]([C@H](CO[C@@H]3O[C@H](CO)[C@@H](O)[C@H](O)[C@H]3O)CC[C@H]2OC(=O)[C@H](Cc2ccc(O)cc2)OC(=O)[C@H](O)C(C)C)[C@H]1O. The van der Waals surface area contributed by atoms with Gasteiger partial charge in [-0.25, -0.2) is 14.4 Å². The van der Waals surface area contributed by atoms with E-state index in [1.54, 1.807) is 26.0 Å². The molecular weight excluding hydrogens is 672 g/mol. The van der Waals surface area contributed by atoms with E-state index in [0.29, 0.717) is 24.8 Å². The Bertz CT molecular complexity index is 1360. The summed E-state index contributed by atoms with van der Waals surface area (Å²) >= 11 is 0. The highest BCUT2D eigenvalue weighted by molar-refractivity contribution is 5.88. The van der Waals surface area contributed by atoms with Gasteiger partial charge in [0.05, 0.1) is 26.4 Å². The molecule has 4 rings (SSSR count). The van der Waals surface area contributed by atoms with Crippen molar-refractivity contribution >= 4 is 17.9 Å². The van der Waals surface area contributed by atoms with Crippen LogP contribution in [0.4, 0.5) is 0 Å². The molecule has 0 amide bonds. The maximum atomic E-state index is 13.9. The van der Waals surface area contributed by atoms with Crippen molar-refractivity contribution in [3.05, 3.63) is 42.0 Å². The van der Waals surface area contributed by atoms with Crippen molar-refractivity contribution in [1.82, 2.24) is 0 Å². The number of esters is 3. The van der Waals surface area contributed by atoms with Gasteiger partial charge in [0, 0.05) is 23.3 Å². The maximum absolute atomic E-state index is 13.9. The number of aliphatic hydroxyl groups is 6. The molecule has 1 aromatic carbocycles. The molecule has 0 radical (unpaired) electrons. The van der Waals surface area contributed by atoms with E-state index in [1.165, 1.54) is 19.2 Å². The predicted octanol–water partition coefficient (Wildman–Crippen LogP) is 0.124. The number of aromatic hydroxyl groups is 1. The summed E-state index contributed by atoms with van der Waals surface area (Å²) in [6, 6.07) is 5.96. The third-order valence-electron chi connectivity index (χ3n) is 10.8. The quantitative estimate of drug-likeness (QED) is 0.0813. The third kappa shape index (κ3) is 8.91. The van der Waals surface area contributed by atoms with Crippen molar-refractivity contribution in [2.75, 3.05) is 20.3 Å². The molecule has 1 aromatic rings. The molecule has 15 nitrogen and oxygen atoms in total. The van der Waals surface area contributed by atoms with Crippen LogP contribution in [0.1, 0.15) is 52.0 Å². The highest BCUT2D eigenvalue weighted by Crippen LogP contribution is 2.56. The Morgan fingerprint density at radius 1 is 0.980 bits per heavy atom. The summed E-state index contributed by atoms with van der Waals surface area (Å²) in [5, 5.41) is 72.6. The van der Waals surface area contributed by atoms with Crippen molar-refractivity contribution in [3.8, 4) is 5.75 Å². The fourth-order valence-electron chi connectivity index (χ4n) is 7.70. The first kappa shape index (κ1) is 40.6. The predicted molar refractivity (Wildman–Crippen MR) is 176 cm³/mol. The standard InChI is InChI=1S/C36H52O15/c1-17(2)27(39)34(46)49-23(14-19-6-9-21(38)10-7-19)33(45)51-25-11-8-20(16-48-35-31(43)30(42)29(41)24(15-37)50-35)26-28(40)22(12-13-36(25,26)4)18(3)32(44)47-5/h6-7,9-10,17,20,22-31,35,37-43H,3,8,11-16H2,1-2,4-5H3/t20-,22-,23-,24+,25+,26+,27+,28-,29+,30-,31+,35+,36-/m0/s1. The number of methoxy groups -OCH3 is 1. The van der Waals surface area contributed by atoms with Crippen molar-refractivity contribution < 1.29 is 73.8 Å². The number of ether oxygens (including phenoxy) is 5. The van der Waals surface area contributed by atoms with Crippen LogP contribution in [0, 0.1) is 29.1 Å².